The summed E-state index contributed by atoms with van der Waals surface area (Å²) in [6.45, 7) is 5.75. The number of ether oxygens (including phenoxy) is 2. The number of hydrogen-bond donors (Lipinski definition) is 3. The Hall–Kier alpha value is -4.05. The first-order chi connectivity index (χ1) is 17.7. The van der Waals surface area contributed by atoms with Gasteiger partial charge < -0.3 is 25.2 Å². The molecule has 0 aromatic heterocycles. The highest BCUT2D eigenvalue weighted by molar-refractivity contribution is 5.97. The average Bonchev–Trinajstić information content (AvgIpc) is 2.88. The lowest BCUT2D eigenvalue weighted by Gasteiger charge is -2.17. The quantitative estimate of drug-likeness (QED) is 0.263. The van der Waals surface area contributed by atoms with Crippen molar-refractivity contribution in [2.24, 2.45) is 0 Å². The van der Waals surface area contributed by atoms with Crippen LogP contribution < -0.4 is 15.4 Å². The third-order valence-electron chi connectivity index (χ3n) is 4.85. The molecule has 0 fully saturated rings. The molecule has 1 atom stereocenters. The summed E-state index contributed by atoms with van der Waals surface area (Å²) < 4.78 is 49.0. The second kappa shape index (κ2) is 14.5. The lowest BCUT2D eigenvalue weighted by molar-refractivity contribution is -0.137. The smallest absolute Gasteiger partial charge is 0.416 e. The van der Waals surface area contributed by atoms with E-state index in [0.29, 0.717) is 18.1 Å². The maximum absolute atomic E-state index is 12.7. The Labute approximate surface area is 213 Å². The van der Waals surface area contributed by atoms with Gasteiger partial charge in [0.25, 0.3) is 5.91 Å². The van der Waals surface area contributed by atoms with E-state index >= 15 is 0 Å². The minimum Gasteiger partial charge on any atom is -0.494 e. The number of hydrogen-bond acceptors (Lipinski definition) is 5. The number of allylic oxidation sites excluding steroid dienone is 3. The van der Waals surface area contributed by atoms with E-state index in [1.54, 1.807) is 24.3 Å². The predicted molar refractivity (Wildman–Crippen MR) is 133 cm³/mol. The normalized spacial score (nSPS) is 12.6. The van der Waals surface area contributed by atoms with Crippen molar-refractivity contribution in [3.05, 3.63) is 96.3 Å². The molecule has 2 aromatic rings. The molecular formula is C27H29F3N2O5. The van der Waals surface area contributed by atoms with E-state index in [0.717, 1.165) is 12.1 Å². The van der Waals surface area contributed by atoms with Crippen molar-refractivity contribution < 1.29 is 37.3 Å². The third-order valence-corrected chi connectivity index (χ3v) is 4.85. The summed E-state index contributed by atoms with van der Waals surface area (Å²) in [5.41, 5.74) is -0.542. The van der Waals surface area contributed by atoms with Crippen molar-refractivity contribution in [3.63, 3.8) is 0 Å². The minimum atomic E-state index is -4.44. The highest BCUT2D eigenvalue weighted by Crippen LogP contribution is 2.31. The van der Waals surface area contributed by atoms with Gasteiger partial charge in [0.2, 0.25) is 5.91 Å². The van der Waals surface area contributed by atoms with Gasteiger partial charge in [0.05, 0.1) is 18.8 Å². The highest BCUT2D eigenvalue weighted by Gasteiger charge is 2.30. The Balaban J connectivity index is 2.05. The van der Waals surface area contributed by atoms with Crippen molar-refractivity contribution in [2.45, 2.75) is 25.6 Å². The van der Waals surface area contributed by atoms with E-state index < -0.39 is 29.6 Å². The van der Waals surface area contributed by atoms with Gasteiger partial charge in [-0.15, -0.1) is 0 Å². The second-order valence-corrected chi connectivity index (χ2v) is 7.56. The van der Waals surface area contributed by atoms with Crippen LogP contribution in [0.2, 0.25) is 0 Å². The molecule has 1 unspecified atom stereocenters. The number of aliphatic hydroxyl groups is 1. The number of halogens is 3. The maximum Gasteiger partial charge on any atom is 0.416 e. The Morgan fingerprint density at radius 3 is 2.24 bits per heavy atom. The first-order valence-electron chi connectivity index (χ1n) is 11.4. The Morgan fingerprint density at radius 2 is 1.70 bits per heavy atom. The molecule has 37 heavy (non-hydrogen) atoms. The fourth-order valence-electron chi connectivity index (χ4n) is 3.02. The first kappa shape index (κ1) is 29.2. The standard InChI is InChI=1S/C27H29F3N2O5/c1-3-21(36-4-2)7-5-6-8-24(26(35)31-17-18-33)32-25(34)19-9-13-22(14-10-19)37-23-15-11-20(12-16-23)27(28,29)30/h3,5-7,9-16,24,33H,1,4,8,17-18H2,2H3,(H,31,35)(H,32,34). The molecular weight excluding hydrogens is 489 g/mol. The van der Waals surface area contributed by atoms with Gasteiger partial charge >= 0.3 is 6.18 Å². The van der Waals surface area contributed by atoms with Crippen LogP contribution in [0.5, 0.6) is 11.5 Å². The largest absolute Gasteiger partial charge is 0.494 e. The summed E-state index contributed by atoms with van der Waals surface area (Å²) in [6.07, 6.45) is 2.32. The molecule has 0 heterocycles. The summed E-state index contributed by atoms with van der Waals surface area (Å²) in [5, 5.41) is 14.2. The molecule has 0 aliphatic heterocycles. The zero-order valence-electron chi connectivity index (χ0n) is 20.3. The topological polar surface area (TPSA) is 96.9 Å². The number of rotatable bonds is 13. The van der Waals surface area contributed by atoms with E-state index in [-0.39, 0.29) is 30.9 Å². The summed E-state index contributed by atoms with van der Waals surface area (Å²) in [4.78, 5) is 25.2. The van der Waals surface area contributed by atoms with Gasteiger partial charge in [-0.05, 0) is 74.0 Å². The van der Waals surface area contributed by atoms with Crippen LogP contribution in [0.1, 0.15) is 29.3 Å². The van der Waals surface area contributed by atoms with Crippen LogP contribution in [0, 0.1) is 0 Å². The first-order valence-corrected chi connectivity index (χ1v) is 11.4. The second-order valence-electron chi connectivity index (χ2n) is 7.56. The van der Waals surface area contributed by atoms with Crippen molar-refractivity contribution in [2.75, 3.05) is 19.8 Å². The van der Waals surface area contributed by atoms with Crippen molar-refractivity contribution >= 4 is 11.8 Å². The van der Waals surface area contributed by atoms with Gasteiger partial charge in [0.15, 0.2) is 0 Å². The number of aliphatic hydroxyl groups excluding tert-OH is 1. The summed E-state index contributed by atoms with van der Waals surface area (Å²) in [7, 11) is 0. The van der Waals surface area contributed by atoms with Crippen LogP contribution in [0.3, 0.4) is 0 Å². The number of carbonyl (C=O) groups excluding carboxylic acids is 2. The van der Waals surface area contributed by atoms with Crippen molar-refractivity contribution in [1.29, 1.82) is 0 Å². The van der Waals surface area contributed by atoms with E-state index in [1.807, 2.05) is 6.92 Å². The number of amides is 2. The lowest BCUT2D eigenvalue weighted by atomic mass is 10.1. The van der Waals surface area contributed by atoms with Crippen LogP contribution >= 0.6 is 0 Å². The fraction of sp³-hybridized carbons (Fsp3) is 0.259. The molecule has 2 aromatic carbocycles. The molecule has 3 N–H and O–H groups in total. The third kappa shape index (κ3) is 9.85. The van der Waals surface area contributed by atoms with Crippen LogP contribution in [-0.2, 0) is 15.7 Å². The van der Waals surface area contributed by atoms with Gasteiger partial charge in [-0.2, -0.15) is 13.2 Å². The van der Waals surface area contributed by atoms with Gasteiger partial charge in [-0.3, -0.25) is 9.59 Å². The number of nitrogens with one attached hydrogen (secondary N) is 2. The molecule has 198 valence electrons. The molecule has 2 rings (SSSR count). The molecule has 0 saturated heterocycles. The lowest BCUT2D eigenvalue weighted by Crippen LogP contribution is -2.47. The van der Waals surface area contributed by atoms with E-state index in [1.165, 1.54) is 36.4 Å². The summed E-state index contributed by atoms with van der Waals surface area (Å²) >= 11 is 0. The van der Waals surface area contributed by atoms with Crippen LogP contribution in [0.25, 0.3) is 0 Å². The highest BCUT2D eigenvalue weighted by atomic mass is 19.4. The molecule has 7 nitrogen and oxygen atoms in total. The molecule has 0 aliphatic rings. The van der Waals surface area contributed by atoms with Crippen LogP contribution in [0.4, 0.5) is 13.2 Å². The summed E-state index contributed by atoms with van der Waals surface area (Å²) in [6, 6.07) is 9.24. The van der Waals surface area contributed by atoms with Gasteiger partial charge in [0, 0.05) is 12.1 Å². The van der Waals surface area contributed by atoms with Crippen LogP contribution in [0.15, 0.2) is 85.2 Å². The van der Waals surface area contributed by atoms with E-state index in [4.69, 9.17) is 14.6 Å². The Morgan fingerprint density at radius 1 is 1.08 bits per heavy atom. The predicted octanol–water partition coefficient (Wildman–Crippen LogP) is 4.76. The van der Waals surface area contributed by atoms with E-state index in [2.05, 4.69) is 17.2 Å². The van der Waals surface area contributed by atoms with Crippen LogP contribution in [-0.4, -0.2) is 42.7 Å². The SMILES string of the molecule is C=CC(=CC=CCC(NC(=O)c1ccc(Oc2ccc(C(F)(F)F)cc2)cc1)C(=O)NCCO)OCC. The van der Waals surface area contributed by atoms with E-state index in [9.17, 15) is 22.8 Å². The van der Waals surface area contributed by atoms with Crippen molar-refractivity contribution in [3.8, 4) is 11.5 Å². The molecule has 0 saturated carbocycles. The molecule has 2 amide bonds. The zero-order chi connectivity index (χ0) is 27.3. The number of carbonyl (C=O) groups is 2. The minimum absolute atomic E-state index is 0.0375. The summed E-state index contributed by atoms with van der Waals surface area (Å²) in [5.74, 6) is 0.0937. The zero-order valence-corrected chi connectivity index (χ0v) is 20.3. The molecule has 0 bridgehead atoms. The molecule has 0 radical (unpaired) electrons. The van der Waals surface area contributed by atoms with Gasteiger partial charge in [0.1, 0.15) is 23.3 Å². The number of alkyl halides is 3. The maximum atomic E-state index is 12.7. The molecule has 10 heteroatoms. The molecule has 0 aliphatic carbocycles. The average molecular weight is 519 g/mol. The molecule has 0 spiro atoms. The Kier molecular flexibility index (Phi) is 11.4. The van der Waals surface area contributed by atoms with Crippen molar-refractivity contribution in [1.82, 2.24) is 10.6 Å². The Bertz CT molecular complexity index is 1090. The van der Waals surface area contributed by atoms with Gasteiger partial charge in [-0.25, -0.2) is 0 Å². The van der Waals surface area contributed by atoms with Gasteiger partial charge in [-0.1, -0.05) is 18.7 Å². The fourth-order valence-corrected chi connectivity index (χ4v) is 3.02. The number of benzene rings is 2. The monoisotopic (exact) mass is 518 g/mol.